The molecule has 1 heterocycles. The SMILES string of the molecule is CC1OCCC1Nc1cccc(F)c1[N+](=O)[O-]. The Balaban J connectivity index is 2.26. The molecule has 0 amide bonds. The van der Waals surface area contributed by atoms with Gasteiger partial charge in [0, 0.05) is 6.61 Å². The number of ether oxygens (including phenoxy) is 1. The lowest BCUT2D eigenvalue weighted by molar-refractivity contribution is -0.386. The lowest BCUT2D eigenvalue weighted by Crippen LogP contribution is -2.27. The first kappa shape index (κ1) is 11.8. The van der Waals surface area contributed by atoms with E-state index in [1.165, 1.54) is 12.1 Å². The highest BCUT2D eigenvalue weighted by Gasteiger charge is 2.27. The summed E-state index contributed by atoms with van der Waals surface area (Å²) in [5.74, 6) is -0.827. The highest BCUT2D eigenvalue weighted by Crippen LogP contribution is 2.29. The van der Waals surface area contributed by atoms with Gasteiger partial charge in [0.1, 0.15) is 5.69 Å². The minimum atomic E-state index is -0.827. The third-order valence-corrected chi connectivity index (χ3v) is 2.89. The minimum Gasteiger partial charge on any atom is -0.376 e. The van der Waals surface area contributed by atoms with Crippen molar-refractivity contribution in [3.8, 4) is 0 Å². The van der Waals surface area contributed by atoms with Crippen LogP contribution in [0.5, 0.6) is 0 Å². The predicted octanol–water partition coefficient (Wildman–Crippen LogP) is 2.32. The van der Waals surface area contributed by atoms with Crippen LogP contribution >= 0.6 is 0 Å². The summed E-state index contributed by atoms with van der Waals surface area (Å²) >= 11 is 0. The Hall–Kier alpha value is -1.69. The topological polar surface area (TPSA) is 64.4 Å². The number of nitrogens with one attached hydrogen (secondary N) is 1. The normalized spacial score (nSPS) is 23.6. The lowest BCUT2D eigenvalue weighted by atomic mass is 10.1. The van der Waals surface area contributed by atoms with Gasteiger partial charge >= 0.3 is 5.69 Å². The summed E-state index contributed by atoms with van der Waals surface area (Å²) < 4.78 is 18.7. The second kappa shape index (κ2) is 4.67. The van der Waals surface area contributed by atoms with Crippen LogP contribution in [0.3, 0.4) is 0 Å². The Morgan fingerprint density at radius 1 is 1.59 bits per heavy atom. The van der Waals surface area contributed by atoms with Crippen LogP contribution in [-0.4, -0.2) is 23.7 Å². The van der Waals surface area contributed by atoms with E-state index >= 15 is 0 Å². The Labute approximate surface area is 97.7 Å². The van der Waals surface area contributed by atoms with Gasteiger partial charge in [-0.05, 0) is 25.5 Å². The number of anilines is 1. The van der Waals surface area contributed by atoms with Gasteiger partial charge in [-0.1, -0.05) is 6.07 Å². The third-order valence-electron chi connectivity index (χ3n) is 2.89. The summed E-state index contributed by atoms with van der Waals surface area (Å²) in [6.07, 6.45) is 0.729. The van der Waals surface area contributed by atoms with Crippen LogP contribution in [-0.2, 0) is 4.74 Å². The van der Waals surface area contributed by atoms with Crippen LogP contribution in [0.2, 0.25) is 0 Å². The zero-order chi connectivity index (χ0) is 12.4. The molecule has 1 saturated heterocycles. The molecule has 92 valence electrons. The molecule has 1 aromatic carbocycles. The lowest BCUT2D eigenvalue weighted by Gasteiger charge is -2.17. The second-order valence-electron chi connectivity index (χ2n) is 4.01. The number of halogens is 1. The maximum absolute atomic E-state index is 13.4. The quantitative estimate of drug-likeness (QED) is 0.650. The fourth-order valence-electron chi connectivity index (χ4n) is 1.94. The number of nitrogens with zero attached hydrogens (tertiary/aromatic N) is 1. The Morgan fingerprint density at radius 3 is 2.94 bits per heavy atom. The van der Waals surface area contributed by atoms with E-state index in [4.69, 9.17) is 4.74 Å². The van der Waals surface area contributed by atoms with E-state index < -0.39 is 16.4 Å². The van der Waals surface area contributed by atoms with Crippen molar-refractivity contribution in [2.45, 2.75) is 25.5 Å². The zero-order valence-electron chi connectivity index (χ0n) is 9.35. The summed E-state index contributed by atoms with van der Waals surface area (Å²) in [5, 5.41) is 13.8. The molecular weight excluding hydrogens is 227 g/mol. The van der Waals surface area contributed by atoms with Gasteiger partial charge < -0.3 is 10.1 Å². The van der Waals surface area contributed by atoms with Gasteiger partial charge in [0.25, 0.3) is 0 Å². The molecule has 17 heavy (non-hydrogen) atoms. The molecule has 1 fully saturated rings. The molecule has 6 heteroatoms. The summed E-state index contributed by atoms with van der Waals surface area (Å²) in [6.45, 7) is 2.50. The van der Waals surface area contributed by atoms with Crippen molar-refractivity contribution >= 4 is 11.4 Å². The Kier molecular flexibility index (Phi) is 3.23. The van der Waals surface area contributed by atoms with Crippen molar-refractivity contribution in [3.63, 3.8) is 0 Å². The van der Waals surface area contributed by atoms with Crippen molar-refractivity contribution in [1.29, 1.82) is 0 Å². The average molecular weight is 240 g/mol. The van der Waals surface area contributed by atoms with Gasteiger partial charge in [0.15, 0.2) is 0 Å². The smallest absolute Gasteiger partial charge is 0.327 e. The van der Waals surface area contributed by atoms with Crippen LogP contribution < -0.4 is 5.32 Å². The number of hydrogen-bond acceptors (Lipinski definition) is 4. The van der Waals surface area contributed by atoms with E-state index in [2.05, 4.69) is 5.32 Å². The molecule has 2 unspecified atom stereocenters. The molecule has 1 aromatic rings. The first-order chi connectivity index (χ1) is 8.09. The monoisotopic (exact) mass is 240 g/mol. The van der Waals surface area contributed by atoms with E-state index in [0.29, 0.717) is 6.61 Å². The molecule has 1 aliphatic rings. The number of hydrogen-bond donors (Lipinski definition) is 1. The molecule has 2 rings (SSSR count). The molecule has 0 bridgehead atoms. The third kappa shape index (κ3) is 2.36. The minimum absolute atomic E-state index is 0.0181. The summed E-state index contributed by atoms with van der Waals surface area (Å²) in [5.41, 5.74) is -0.302. The molecular formula is C11H13FN2O3. The van der Waals surface area contributed by atoms with Gasteiger partial charge in [0.05, 0.1) is 17.1 Å². The fraction of sp³-hybridized carbons (Fsp3) is 0.455. The average Bonchev–Trinajstić information content (AvgIpc) is 2.64. The molecule has 0 aromatic heterocycles. The van der Waals surface area contributed by atoms with Crippen molar-refractivity contribution in [1.82, 2.24) is 0 Å². The summed E-state index contributed by atoms with van der Waals surface area (Å²) in [7, 11) is 0. The molecule has 0 saturated carbocycles. The van der Waals surface area contributed by atoms with Gasteiger partial charge in [0.2, 0.25) is 5.82 Å². The van der Waals surface area contributed by atoms with Crippen LogP contribution in [0.1, 0.15) is 13.3 Å². The van der Waals surface area contributed by atoms with Crippen LogP contribution in [0.15, 0.2) is 18.2 Å². The molecule has 1 N–H and O–H groups in total. The highest BCUT2D eigenvalue weighted by molar-refractivity contribution is 5.62. The van der Waals surface area contributed by atoms with Crippen molar-refractivity contribution in [3.05, 3.63) is 34.1 Å². The van der Waals surface area contributed by atoms with Gasteiger partial charge in [-0.25, -0.2) is 0 Å². The van der Waals surface area contributed by atoms with E-state index in [0.717, 1.165) is 12.5 Å². The Morgan fingerprint density at radius 2 is 2.35 bits per heavy atom. The van der Waals surface area contributed by atoms with Gasteiger partial charge in [-0.2, -0.15) is 4.39 Å². The molecule has 0 spiro atoms. The maximum Gasteiger partial charge on any atom is 0.327 e. The largest absolute Gasteiger partial charge is 0.376 e. The fourth-order valence-corrected chi connectivity index (χ4v) is 1.94. The summed E-state index contributed by atoms with van der Waals surface area (Å²) in [6, 6.07) is 4.02. The first-order valence-electron chi connectivity index (χ1n) is 5.40. The van der Waals surface area contributed by atoms with E-state index in [1.807, 2.05) is 6.92 Å². The van der Waals surface area contributed by atoms with Crippen molar-refractivity contribution in [2.75, 3.05) is 11.9 Å². The second-order valence-corrected chi connectivity index (χ2v) is 4.01. The van der Waals surface area contributed by atoms with E-state index in [-0.39, 0.29) is 17.8 Å². The summed E-state index contributed by atoms with van der Waals surface area (Å²) in [4.78, 5) is 10.1. The standard InChI is InChI=1S/C11H13FN2O3/c1-7-9(5-6-17-7)13-10-4-2-3-8(12)11(10)14(15)16/h2-4,7,9,13H,5-6H2,1H3. The molecule has 5 nitrogen and oxygen atoms in total. The highest BCUT2D eigenvalue weighted by atomic mass is 19.1. The van der Waals surface area contributed by atoms with Crippen molar-refractivity contribution in [2.24, 2.45) is 0 Å². The molecule has 2 atom stereocenters. The van der Waals surface area contributed by atoms with Gasteiger partial charge in [-0.15, -0.1) is 0 Å². The Bertz CT molecular complexity index is 439. The molecule has 1 aliphatic heterocycles. The van der Waals surface area contributed by atoms with E-state index in [1.54, 1.807) is 0 Å². The van der Waals surface area contributed by atoms with Crippen LogP contribution in [0, 0.1) is 15.9 Å². The number of rotatable bonds is 3. The van der Waals surface area contributed by atoms with Crippen molar-refractivity contribution < 1.29 is 14.1 Å². The van der Waals surface area contributed by atoms with Crippen LogP contribution in [0.4, 0.5) is 15.8 Å². The zero-order valence-corrected chi connectivity index (χ0v) is 9.35. The predicted molar refractivity (Wildman–Crippen MR) is 60.5 cm³/mol. The van der Waals surface area contributed by atoms with Crippen LogP contribution in [0.25, 0.3) is 0 Å². The molecule has 0 aliphatic carbocycles. The number of benzene rings is 1. The number of nitro benzene ring substituents is 1. The van der Waals surface area contributed by atoms with E-state index in [9.17, 15) is 14.5 Å². The molecule has 0 radical (unpaired) electrons. The number of nitro groups is 1. The first-order valence-corrected chi connectivity index (χ1v) is 5.40. The van der Waals surface area contributed by atoms with Gasteiger partial charge in [-0.3, -0.25) is 10.1 Å². The maximum atomic E-state index is 13.4. The number of para-hydroxylation sites is 1.